The highest BCUT2D eigenvalue weighted by molar-refractivity contribution is 7.92. The lowest BCUT2D eigenvalue weighted by atomic mass is 10.3. The van der Waals surface area contributed by atoms with Crippen LogP contribution in [0.15, 0.2) is 4.52 Å². The molecule has 0 atom stereocenters. The number of carbonyl (C=O) groups is 1. The van der Waals surface area contributed by atoms with Crippen LogP contribution in [0.4, 0.5) is 5.88 Å². The first-order valence-corrected chi connectivity index (χ1v) is 6.62. The molecule has 2 N–H and O–H groups in total. The van der Waals surface area contributed by atoms with Crippen LogP contribution in [0, 0.1) is 13.8 Å². The van der Waals surface area contributed by atoms with Crippen LogP contribution in [0.5, 0.6) is 0 Å². The van der Waals surface area contributed by atoms with Crippen molar-refractivity contribution in [2.24, 2.45) is 0 Å². The summed E-state index contributed by atoms with van der Waals surface area (Å²) in [6.07, 6.45) is -0.133. The van der Waals surface area contributed by atoms with Gasteiger partial charge in [-0.15, -0.1) is 0 Å². The molecule has 96 valence electrons. The molecule has 0 spiro atoms. The van der Waals surface area contributed by atoms with Crippen molar-refractivity contribution in [3.8, 4) is 0 Å². The zero-order valence-electron chi connectivity index (χ0n) is 9.56. The molecule has 1 aromatic heterocycles. The number of carboxylic acid groups (broad SMARTS) is 1. The Hall–Kier alpha value is -1.57. The monoisotopic (exact) mass is 262 g/mol. The quantitative estimate of drug-likeness (QED) is 0.788. The van der Waals surface area contributed by atoms with E-state index >= 15 is 0 Å². The van der Waals surface area contributed by atoms with Crippen LogP contribution >= 0.6 is 0 Å². The lowest BCUT2D eigenvalue weighted by Gasteiger charge is -2.04. The van der Waals surface area contributed by atoms with Gasteiger partial charge in [0.2, 0.25) is 15.9 Å². The van der Waals surface area contributed by atoms with E-state index in [4.69, 9.17) is 9.63 Å². The topological polar surface area (TPSA) is 110 Å². The Balaban J connectivity index is 2.61. The number of carboxylic acids is 1. The number of aliphatic carboxylic acids is 1. The molecule has 17 heavy (non-hydrogen) atoms. The number of nitrogens with one attached hydrogen (secondary N) is 1. The molecular weight excluding hydrogens is 248 g/mol. The molecule has 1 rings (SSSR count). The van der Waals surface area contributed by atoms with Crippen molar-refractivity contribution in [3.05, 3.63) is 11.3 Å². The van der Waals surface area contributed by atoms with E-state index in [1.807, 2.05) is 0 Å². The number of rotatable bonds is 6. The number of hydrogen-bond donors (Lipinski definition) is 2. The van der Waals surface area contributed by atoms with Crippen LogP contribution in [0.2, 0.25) is 0 Å². The summed E-state index contributed by atoms with van der Waals surface area (Å²) in [5.41, 5.74) is 1.22. The van der Waals surface area contributed by atoms with Crippen LogP contribution in [-0.2, 0) is 14.8 Å². The van der Waals surface area contributed by atoms with Crippen LogP contribution in [0.1, 0.15) is 24.1 Å². The van der Waals surface area contributed by atoms with Crippen molar-refractivity contribution < 1.29 is 22.8 Å². The predicted molar refractivity (Wildman–Crippen MR) is 60.3 cm³/mol. The van der Waals surface area contributed by atoms with Crippen LogP contribution in [-0.4, -0.2) is 30.4 Å². The second kappa shape index (κ2) is 5.17. The maximum absolute atomic E-state index is 11.6. The molecule has 0 aliphatic carbocycles. The van der Waals surface area contributed by atoms with Gasteiger partial charge in [-0.3, -0.25) is 9.52 Å². The molecule has 0 radical (unpaired) electrons. The van der Waals surface area contributed by atoms with Crippen LogP contribution in [0.3, 0.4) is 0 Å². The zero-order chi connectivity index (χ0) is 13.1. The van der Waals surface area contributed by atoms with Crippen molar-refractivity contribution in [1.82, 2.24) is 5.16 Å². The molecule has 1 aromatic rings. The fourth-order valence-electron chi connectivity index (χ4n) is 1.12. The lowest BCUT2D eigenvalue weighted by molar-refractivity contribution is -0.137. The van der Waals surface area contributed by atoms with Gasteiger partial charge < -0.3 is 9.63 Å². The number of sulfonamides is 1. The van der Waals surface area contributed by atoms with E-state index in [0.717, 1.165) is 0 Å². The third-order valence-corrected chi connectivity index (χ3v) is 3.53. The fourth-order valence-corrected chi connectivity index (χ4v) is 2.22. The molecule has 0 aromatic carbocycles. The van der Waals surface area contributed by atoms with Gasteiger partial charge in [-0.1, -0.05) is 5.16 Å². The van der Waals surface area contributed by atoms with Crippen molar-refractivity contribution in [2.45, 2.75) is 26.7 Å². The predicted octanol–water partition coefficient (Wildman–Crippen LogP) is 0.898. The average Bonchev–Trinajstić information content (AvgIpc) is 2.48. The Morgan fingerprint density at radius 1 is 1.47 bits per heavy atom. The van der Waals surface area contributed by atoms with E-state index in [2.05, 4.69) is 9.88 Å². The Labute approximate surface area is 98.9 Å². The molecule has 0 aliphatic heterocycles. The summed E-state index contributed by atoms with van der Waals surface area (Å²) in [5.74, 6) is -1.21. The van der Waals surface area contributed by atoms with Crippen LogP contribution < -0.4 is 4.72 Å². The smallest absolute Gasteiger partial charge is 0.303 e. The lowest BCUT2D eigenvalue weighted by Crippen LogP contribution is -2.17. The van der Waals surface area contributed by atoms with Gasteiger partial charge in [0.05, 0.1) is 11.4 Å². The van der Waals surface area contributed by atoms with Crippen molar-refractivity contribution >= 4 is 21.9 Å². The molecule has 7 nitrogen and oxygen atoms in total. The van der Waals surface area contributed by atoms with Gasteiger partial charge in [0.1, 0.15) is 0 Å². The van der Waals surface area contributed by atoms with E-state index < -0.39 is 16.0 Å². The summed E-state index contributed by atoms with van der Waals surface area (Å²) in [4.78, 5) is 10.3. The molecule has 0 saturated carbocycles. The second-order valence-corrected chi connectivity index (χ2v) is 5.48. The third kappa shape index (κ3) is 4.06. The van der Waals surface area contributed by atoms with E-state index in [1.54, 1.807) is 13.8 Å². The van der Waals surface area contributed by atoms with Gasteiger partial charge in [0.15, 0.2) is 0 Å². The first-order chi connectivity index (χ1) is 7.82. The Morgan fingerprint density at radius 2 is 2.12 bits per heavy atom. The number of aryl methyl sites for hydroxylation is 1. The van der Waals surface area contributed by atoms with Gasteiger partial charge in [-0.2, -0.15) is 0 Å². The molecule has 0 bridgehead atoms. The first-order valence-electron chi connectivity index (χ1n) is 4.97. The Morgan fingerprint density at radius 3 is 2.59 bits per heavy atom. The molecule has 0 aliphatic rings. The summed E-state index contributed by atoms with van der Waals surface area (Å²) in [6, 6.07) is 0. The first kappa shape index (κ1) is 13.5. The number of aromatic nitrogens is 1. The number of anilines is 1. The summed E-state index contributed by atoms with van der Waals surface area (Å²) in [7, 11) is -3.59. The van der Waals surface area contributed by atoms with E-state index in [1.165, 1.54) is 0 Å². The van der Waals surface area contributed by atoms with Gasteiger partial charge in [-0.05, 0) is 20.3 Å². The molecule has 8 heteroatoms. The molecule has 0 fully saturated rings. The molecule has 0 unspecified atom stereocenters. The Kier molecular flexibility index (Phi) is 4.11. The van der Waals surface area contributed by atoms with Crippen molar-refractivity contribution in [2.75, 3.05) is 10.5 Å². The largest absolute Gasteiger partial charge is 0.481 e. The molecular formula is C9H14N2O5S. The van der Waals surface area contributed by atoms with Gasteiger partial charge in [0, 0.05) is 12.0 Å². The maximum Gasteiger partial charge on any atom is 0.303 e. The van der Waals surface area contributed by atoms with Crippen LogP contribution in [0.25, 0.3) is 0 Å². The molecule has 0 saturated heterocycles. The van der Waals surface area contributed by atoms with Crippen molar-refractivity contribution in [3.63, 3.8) is 0 Å². The normalized spacial score (nSPS) is 11.4. The summed E-state index contributed by atoms with van der Waals surface area (Å²) in [5, 5.41) is 12.0. The second-order valence-electron chi connectivity index (χ2n) is 3.64. The summed E-state index contributed by atoms with van der Waals surface area (Å²) in [6.45, 7) is 3.38. The number of hydrogen-bond acceptors (Lipinski definition) is 5. The standard InChI is InChI=1S/C9H14N2O5S/c1-6-7(2)10-16-9(6)11-17(14,15)5-3-4-8(12)13/h11H,3-5H2,1-2H3,(H,12,13). The van der Waals surface area contributed by atoms with E-state index in [0.29, 0.717) is 11.3 Å². The highest BCUT2D eigenvalue weighted by Crippen LogP contribution is 2.18. The van der Waals surface area contributed by atoms with Gasteiger partial charge >= 0.3 is 5.97 Å². The minimum atomic E-state index is -3.59. The van der Waals surface area contributed by atoms with E-state index in [9.17, 15) is 13.2 Å². The minimum absolute atomic E-state index is 0.0524. The SMILES string of the molecule is Cc1noc(NS(=O)(=O)CCCC(=O)O)c1C. The zero-order valence-corrected chi connectivity index (χ0v) is 10.4. The average molecular weight is 262 g/mol. The Bertz CT molecular complexity index is 505. The fraction of sp³-hybridized carbons (Fsp3) is 0.556. The van der Waals surface area contributed by atoms with E-state index in [-0.39, 0.29) is 24.5 Å². The highest BCUT2D eigenvalue weighted by Gasteiger charge is 2.16. The van der Waals surface area contributed by atoms with Crippen molar-refractivity contribution in [1.29, 1.82) is 0 Å². The molecule has 0 amide bonds. The molecule has 1 heterocycles. The third-order valence-electron chi connectivity index (χ3n) is 2.21. The number of nitrogens with zero attached hydrogens (tertiary/aromatic N) is 1. The van der Waals surface area contributed by atoms with Gasteiger partial charge in [-0.25, -0.2) is 8.42 Å². The highest BCUT2D eigenvalue weighted by atomic mass is 32.2. The summed E-state index contributed by atoms with van der Waals surface area (Å²) >= 11 is 0. The van der Waals surface area contributed by atoms with Gasteiger partial charge in [0.25, 0.3) is 0 Å². The maximum atomic E-state index is 11.6. The summed E-state index contributed by atoms with van der Waals surface area (Å²) < 4.78 is 30.1. The minimum Gasteiger partial charge on any atom is -0.481 e.